The molecule has 27 heavy (non-hydrogen) atoms. The van der Waals surface area contributed by atoms with Crippen LogP contribution in [0, 0.1) is 5.92 Å². The summed E-state index contributed by atoms with van der Waals surface area (Å²) in [5.74, 6) is 1.02. The highest BCUT2D eigenvalue weighted by Crippen LogP contribution is 2.22. The summed E-state index contributed by atoms with van der Waals surface area (Å²) in [6, 6.07) is 7.22. The maximum absolute atomic E-state index is 11.9. The predicted molar refractivity (Wildman–Crippen MR) is 110 cm³/mol. The van der Waals surface area contributed by atoms with E-state index in [4.69, 9.17) is 11.6 Å². The number of benzene rings is 1. The fraction of sp³-hybridized carbons (Fsp3) is 0.619. The number of likely N-dealkylation sites (N-methyl/N-ethyl adjacent to an activating group) is 1. The zero-order valence-electron chi connectivity index (χ0n) is 16.1. The molecule has 6 heteroatoms. The Hall–Kier alpha value is -1.59. The van der Waals surface area contributed by atoms with E-state index in [9.17, 15) is 9.90 Å². The lowest BCUT2D eigenvalue weighted by Gasteiger charge is -2.33. The SMILES string of the molecule is CN(CC1CCCC2=NCCCN2C1)[C@@H](CCc1cccc(Cl)c1)C(=O)O. The van der Waals surface area contributed by atoms with Crippen LogP contribution in [0.5, 0.6) is 0 Å². The van der Waals surface area contributed by atoms with Crippen LogP contribution in [0.3, 0.4) is 0 Å². The third-order valence-corrected chi connectivity index (χ3v) is 5.93. The predicted octanol–water partition coefficient (Wildman–Crippen LogP) is 3.56. The lowest BCUT2D eigenvalue weighted by molar-refractivity contribution is -0.143. The molecule has 0 bridgehead atoms. The number of rotatable bonds is 7. The van der Waals surface area contributed by atoms with Crippen LogP contribution in [0.15, 0.2) is 29.3 Å². The van der Waals surface area contributed by atoms with Crippen molar-refractivity contribution in [3.05, 3.63) is 34.9 Å². The molecule has 0 saturated carbocycles. The second-order valence-corrected chi connectivity index (χ2v) is 8.25. The van der Waals surface area contributed by atoms with Crippen molar-refractivity contribution in [1.29, 1.82) is 0 Å². The maximum Gasteiger partial charge on any atom is 0.320 e. The van der Waals surface area contributed by atoms with Crippen LogP contribution in [0.2, 0.25) is 5.02 Å². The Morgan fingerprint density at radius 1 is 1.44 bits per heavy atom. The van der Waals surface area contributed by atoms with Gasteiger partial charge >= 0.3 is 5.97 Å². The second-order valence-electron chi connectivity index (χ2n) is 7.82. The van der Waals surface area contributed by atoms with Crippen molar-refractivity contribution < 1.29 is 9.90 Å². The molecule has 2 aliphatic heterocycles. The first kappa shape index (κ1) is 20.2. The zero-order valence-corrected chi connectivity index (χ0v) is 16.9. The van der Waals surface area contributed by atoms with Crippen LogP contribution in [-0.4, -0.2) is 66.0 Å². The molecule has 1 aromatic carbocycles. The molecule has 148 valence electrons. The molecule has 1 saturated heterocycles. The molecule has 0 aromatic heterocycles. The largest absolute Gasteiger partial charge is 0.480 e. The van der Waals surface area contributed by atoms with Crippen molar-refractivity contribution in [2.45, 2.75) is 44.6 Å². The van der Waals surface area contributed by atoms with E-state index in [-0.39, 0.29) is 0 Å². The van der Waals surface area contributed by atoms with Gasteiger partial charge in [-0.15, -0.1) is 0 Å². The van der Waals surface area contributed by atoms with E-state index >= 15 is 0 Å². The van der Waals surface area contributed by atoms with Crippen LogP contribution in [0.4, 0.5) is 0 Å². The lowest BCUT2D eigenvalue weighted by atomic mass is 10.00. The number of fused-ring (bicyclic) bond motifs is 1. The molecule has 1 fully saturated rings. The fourth-order valence-electron chi connectivity index (χ4n) is 4.30. The number of hydrogen-bond acceptors (Lipinski definition) is 4. The Kier molecular flexibility index (Phi) is 7.13. The summed E-state index contributed by atoms with van der Waals surface area (Å²) in [6.07, 6.45) is 5.79. The van der Waals surface area contributed by atoms with Gasteiger partial charge in [0.1, 0.15) is 6.04 Å². The van der Waals surface area contributed by atoms with E-state index in [0.717, 1.165) is 63.8 Å². The summed E-state index contributed by atoms with van der Waals surface area (Å²) in [5, 5.41) is 10.5. The number of nitrogens with zero attached hydrogens (tertiary/aromatic N) is 3. The molecule has 1 aromatic rings. The van der Waals surface area contributed by atoms with Gasteiger partial charge in [-0.05, 0) is 62.8 Å². The van der Waals surface area contributed by atoms with Crippen LogP contribution in [0.1, 0.15) is 37.7 Å². The number of halogens is 1. The third-order valence-electron chi connectivity index (χ3n) is 5.70. The van der Waals surface area contributed by atoms with Gasteiger partial charge in [0.25, 0.3) is 0 Å². The van der Waals surface area contributed by atoms with Crippen LogP contribution < -0.4 is 0 Å². The Bertz CT molecular complexity index is 679. The monoisotopic (exact) mass is 391 g/mol. The molecule has 2 heterocycles. The molecule has 2 atom stereocenters. The van der Waals surface area contributed by atoms with Crippen molar-refractivity contribution >= 4 is 23.4 Å². The Labute approximate surface area is 167 Å². The van der Waals surface area contributed by atoms with Crippen LogP contribution >= 0.6 is 11.6 Å². The quantitative estimate of drug-likeness (QED) is 0.772. The van der Waals surface area contributed by atoms with Gasteiger partial charge in [-0.25, -0.2) is 0 Å². The van der Waals surface area contributed by atoms with Crippen molar-refractivity contribution in [3.63, 3.8) is 0 Å². The summed E-state index contributed by atoms with van der Waals surface area (Å²) in [7, 11) is 1.95. The number of hydrogen-bond donors (Lipinski definition) is 1. The molecule has 1 unspecified atom stereocenters. The molecule has 2 aliphatic rings. The van der Waals surface area contributed by atoms with E-state index in [0.29, 0.717) is 17.4 Å². The van der Waals surface area contributed by atoms with E-state index in [1.165, 1.54) is 5.84 Å². The van der Waals surface area contributed by atoms with Gasteiger partial charge in [0.05, 0.1) is 5.84 Å². The smallest absolute Gasteiger partial charge is 0.320 e. The minimum Gasteiger partial charge on any atom is -0.480 e. The van der Waals surface area contributed by atoms with Crippen molar-refractivity contribution in [1.82, 2.24) is 9.80 Å². The van der Waals surface area contributed by atoms with Crippen LogP contribution in [-0.2, 0) is 11.2 Å². The molecule has 0 spiro atoms. The summed E-state index contributed by atoms with van der Waals surface area (Å²) in [6.45, 7) is 3.87. The standard InChI is InChI=1S/C21H30ClN3O2/c1-24(14-17-6-3-8-20-23-11-4-12-25(20)15-17)19(21(26)27)10-9-16-5-2-7-18(22)13-16/h2,5,7,13,17,19H,3-4,6,8-12,14-15H2,1H3,(H,26,27)/t17?,19-/m0/s1. The molecular formula is C21H30ClN3O2. The number of carbonyl (C=O) groups is 1. The van der Waals surface area contributed by atoms with Gasteiger partial charge in [-0.2, -0.15) is 0 Å². The van der Waals surface area contributed by atoms with Gasteiger partial charge in [0, 0.05) is 37.6 Å². The summed E-state index contributed by atoms with van der Waals surface area (Å²) >= 11 is 6.04. The van der Waals surface area contributed by atoms with Gasteiger partial charge in [0.15, 0.2) is 0 Å². The van der Waals surface area contributed by atoms with Gasteiger partial charge in [-0.1, -0.05) is 23.7 Å². The number of aryl methyl sites for hydroxylation is 1. The number of aliphatic imine (C=N–C) groups is 1. The van der Waals surface area contributed by atoms with E-state index in [2.05, 4.69) is 9.89 Å². The van der Waals surface area contributed by atoms with Crippen LogP contribution in [0.25, 0.3) is 0 Å². The zero-order chi connectivity index (χ0) is 19.2. The topological polar surface area (TPSA) is 56.1 Å². The minimum atomic E-state index is -0.742. The first-order chi connectivity index (χ1) is 13.0. The summed E-state index contributed by atoms with van der Waals surface area (Å²) < 4.78 is 0. The average Bonchev–Trinajstić information content (AvgIpc) is 2.83. The van der Waals surface area contributed by atoms with Crippen molar-refractivity contribution in [2.75, 3.05) is 33.2 Å². The normalized spacial score (nSPS) is 21.4. The lowest BCUT2D eigenvalue weighted by Crippen LogP contribution is -2.44. The second kappa shape index (κ2) is 9.56. The average molecular weight is 392 g/mol. The molecule has 5 nitrogen and oxygen atoms in total. The van der Waals surface area contributed by atoms with Gasteiger partial charge in [0.2, 0.25) is 0 Å². The highest BCUT2D eigenvalue weighted by Gasteiger charge is 2.28. The highest BCUT2D eigenvalue weighted by atomic mass is 35.5. The van der Waals surface area contributed by atoms with E-state index < -0.39 is 12.0 Å². The first-order valence-corrected chi connectivity index (χ1v) is 10.4. The van der Waals surface area contributed by atoms with Gasteiger partial charge in [-0.3, -0.25) is 14.7 Å². The maximum atomic E-state index is 11.9. The number of aliphatic carboxylic acids is 1. The number of carboxylic acid groups (broad SMARTS) is 1. The molecule has 1 N–H and O–H groups in total. The van der Waals surface area contributed by atoms with E-state index in [1.54, 1.807) is 0 Å². The fourth-order valence-corrected chi connectivity index (χ4v) is 4.51. The Morgan fingerprint density at radius 3 is 3.07 bits per heavy atom. The highest BCUT2D eigenvalue weighted by molar-refractivity contribution is 6.30. The molecule has 0 aliphatic carbocycles. The summed E-state index contributed by atoms with van der Waals surface area (Å²) in [4.78, 5) is 21.0. The molecule has 3 rings (SSSR count). The Balaban J connectivity index is 1.57. The summed E-state index contributed by atoms with van der Waals surface area (Å²) in [5.41, 5.74) is 1.09. The molecule has 0 radical (unpaired) electrons. The van der Waals surface area contributed by atoms with Crippen molar-refractivity contribution in [3.8, 4) is 0 Å². The number of amidine groups is 1. The minimum absolute atomic E-state index is 0.471. The molecule has 0 amide bonds. The van der Waals surface area contributed by atoms with E-state index in [1.807, 2.05) is 36.2 Å². The third kappa shape index (κ3) is 5.69. The van der Waals surface area contributed by atoms with Crippen molar-refractivity contribution in [2.24, 2.45) is 10.9 Å². The number of carboxylic acids is 1. The Morgan fingerprint density at radius 2 is 2.30 bits per heavy atom. The first-order valence-electron chi connectivity index (χ1n) is 9.98. The van der Waals surface area contributed by atoms with Gasteiger partial charge < -0.3 is 10.0 Å². The molecular weight excluding hydrogens is 362 g/mol.